The highest BCUT2D eigenvalue weighted by Crippen LogP contribution is 2.37. The average Bonchev–Trinajstić information content (AvgIpc) is 3.10. The number of fused-ring (bicyclic) bond motifs is 1. The van der Waals surface area contributed by atoms with Crippen molar-refractivity contribution in [1.82, 2.24) is 10.3 Å². The van der Waals surface area contributed by atoms with Gasteiger partial charge in [-0.05, 0) is 68.1 Å². The number of hydrogen-bond donors (Lipinski definition) is 2. The Morgan fingerprint density at radius 3 is 2.79 bits per heavy atom. The molecular weight excluding hydrogens is 397 g/mol. The Hall–Kier alpha value is -2.44. The number of halogens is 2. The number of aryl methyl sites for hydroxylation is 2. The highest BCUT2D eigenvalue weighted by molar-refractivity contribution is 7.15. The molecule has 4 nitrogen and oxygen atoms in total. The van der Waals surface area contributed by atoms with Gasteiger partial charge in [-0.2, -0.15) is 0 Å². The summed E-state index contributed by atoms with van der Waals surface area (Å²) in [6, 6.07) is 11.4. The van der Waals surface area contributed by atoms with Crippen LogP contribution in [0.2, 0.25) is 5.02 Å². The molecule has 0 saturated carbocycles. The van der Waals surface area contributed by atoms with Crippen molar-refractivity contribution in [2.24, 2.45) is 0 Å². The monoisotopic (exact) mass is 415 g/mol. The van der Waals surface area contributed by atoms with Gasteiger partial charge in [-0.1, -0.05) is 17.7 Å². The molecule has 0 aliphatic heterocycles. The molecule has 0 radical (unpaired) electrons. The predicted octanol–water partition coefficient (Wildman–Crippen LogP) is 6.11. The summed E-state index contributed by atoms with van der Waals surface area (Å²) >= 11 is 7.81. The van der Waals surface area contributed by atoms with Gasteiger partial charge in [0, 0.05) is 10.4 Å². The maximum Gasteiger partial charge on any atom is 0.319 e. The topological polar surface area (TPSA) is 54.0 Å². The number of thiazole rings is 1. The van der Waals surface area contributed by atoms with E-state index in [1.807, 2.05) is 19.1 Å². The van der Waals surface area contributed by atoms with Crippen molar-refractivity contribution >= 4 is 34.7 Å². The van der Waals surface area contributed by atoms with Gasteiger partial charge in [0.05, 0.1) is 22.4 Å². The summed E-state index contributed by atoms with van der Waals surface area (Å²) in [5.74, 6) is -0.268. The Labute approximate surface area is 171 Å². The van der Waals surface area contributed by atoms with Crippen molar-refractivity contribution in [2.45, 2.75) is 32.2 Å². The van der Waals surface area contributed by atoms with Crippen molar-refractivity contribution in [2.75, 3.05) is 5.32 Å². The smallest absolute Gasteiger partial charge is 0.319 e. The van der Waals surface area contributed by atoms with E-state index in [0.29, 0.717) is 10.7 Å². The van der Waals surface area contributed by atoms with Crippen molar-refractivity contribution < 1.29 is 9.18 Å². The first kappa shape index (κ1) is 18.9. The molecule has 7 heteroatoms. The second-order valence-corrected chi connectivity index (χ2v) is 8.35. The van der Waals surface area contributed by atoms with E-state index in [0.717, 1.165) is 41.1 Å². The van der Waals surface area contributed by atoms with Crippen LogP contribution in [0.4, 0.5) is 14.9 Å². The van der Waals surface area contributed by atoms with E-state index >= 15 is 0 Å². The quantitative estimate of drug-likeness (QED) is 0.542. The van der Waals surface area contributed by atoms with Crippen molar-refractivity contribution in [3.8, 4) is 10.6 Å². The molecule has 0 saturated heterocycles. The third-order valence-electron chi connectivity index (χ3n) is 4.72. The van der Waals surface area contributed by atoms with Gasteiger partial charge in [-0.3, -0.25) is 0 Å². The Kier molecular flexibility index (Phi) is 5.33. The second-order valence-electron chi connectivity index (χ2n) is 6.86. The zero-order valence-corrected chi connectivity index (χ0v) is 16.8. The first-order chi connectivity index (χ1) is 13.5. The number of aromatic nitrogens is 1. The van der Waals surface area contributed by atoms with Crippen LogP contribution in [0.1, 0.15) is 35.0 Å². The molecule has 1 heterocycles. The summed E-state index contributed by atoms with van der Waals surface area (Å²) < 4.78 is 13.2. The van der Waals surface area contributed by atoms with Crippen LogP contribution in [-0.2, 0) is 6.42 Å². The van der Waals surface area contributed by atoms with E-state index in [2.05, 4.69) is 10.6 Å². The van der Waals surface area contributed by atoms with Gasteiger partial charge in [0.2, 0.25) is 0 Å². The number of anilines is 1. The number of carbonyl (C=O) groups is 1. The highest BCUT2D eigenvalue weighted by Gasteiger charge is 2.26. The van der Waals surface area contributed by atoms with Gasteiger partial charge in [0.25, 0.3) is 0 Å². The molecule has 0 spiro atoms. The minimum absolute atomic E-state index is 0.154. The Bertz CT molecular complexity index is 1020. The van der Waals surface area contributed by atoms with Gasteiger partial charge < -0.3 is 10.6 Å². The van der Waals surface area contributed by atoms with Crippen molar-refractivity contribution in [3.05, 3.63) is 69.4 Å². The van der Waals surface area contributed by atoms with E-state index in [4.69, 9.17) is 16.6 Å². The van der Waals surface area contributed by atoms with E-state index in [9.17, 15) is 9.18 Å². The normalized spacial score (nSPS) is 15.8. The summed E-state index contributed by atoms with van der Waals surface area (Å²) in [6.07, 6.45) is 2.75. The van der Waals surface area contributed by atoms with E-state index < -0.39 is 0 Å². The average molecular weight is 416 g/mol. The van der Waals surface area contributed by atoms with Crippen LogP contribution < -0.4 is 10.6 Å². The molecular formula is C21H19ClFN3OS. The molecule has 0 fully saturated rings. The zero-order chi connectivity index (χ0) is 19.7. The van der Waals surface area contributed by atoms with Crippen LogP contribution in [0.15, 0.2) is 42.5 Å². The van der Waals surface area contributed by atoms with E-state index in [1.165, 1.54) is 17.0 Å². The fraction of sp³-hybridized carbons (Fsp3) is 0.238. The Morgan fingerprint density at radius 2 is 2.04 bits per heavy atom. The molecule has 28 heavy (non-hydrogen) atoms. The van der Waals surface area contributed by atoms with Gasteiger partial charge in [0.1, 0.15) is 10.8 Å². The van der Waals surface area contributed by atoms with Crippen LogP contribution in [0, 0.1) is 12.7 Å². The fourth-order valence-electron chi connectivity index (χ4n) is 3.31. The standard InChI is InChI=1S/C21H19ClFN3OS/c1-12-5-10-16(15(22)11-12)24-21(27)25-17-3-2-4-18-19(17)26-20(28-18)13-6-8-14(23)9-7-13/h5-11,17H,2-4H2,1H3,(H2,24,25,27). The molecule has 2 N–H and O–H groups in total. The molecule has 2 aromatic carbocycles. The van der Waals surface area contributed by atoms with Gasteiger partial charge >= 0.3 is 6.03 Å². The number of nitrogens with one attached hydrogen (secondary N) is 2. The molecule has 0 bridgehead atoms. The van der Waals surface area contributed by atoms with Crippen LogP contribution in [-0.4, -0.2) is 11.0 Å². The fourth-order valence-corrected chi connectivity index (χ4v) is 4.77. The zero-order valence-electron chi connectivity index (χ0n) is 15.3. The number of carbonyl (C=O) groups excluding carboxylic acids is 1. The summed E-state index contributed by atoms with van der Waals surface area (Å²) in [7, 11) is 0. The number of nitrogens with zero attached hydrogens (tertiary/aromatic N) is 1. The maximum atomic E-state index is 13.2. The molecule has 144 valence electrons. The van der Waals surface area contributed by atoms with Crippen LogP contribution in [0.3, 0.4) is 0 Å². The molecule has 1 aliphatic carbocycles. The van der Waals surface area contributed by atoms with Crippen molar-refractivity contribution in [1.29, 1.82) is 0 Å². The SMILES string of the molecule is Cc1ccc(NC(=O)NC2CCCc3sc(-c4ccc(F)cc4)nc32)c(Cl)c1. The molecule has 1 unspecified atom stereocenters. The van der Waals surface area contributed by atoms with Crippen LogP contribution in [0.5, 0.6) is 0 Å². The molecule has 1 aliphatic rings. The minimum atomic E-state index is -0.306. The lowest BCUT2D eigenvalue weighted by atomic mass is 9.98. The molecule has 1 aromatic heterocycles. The number of rotatable bonds is 3. The molecule has 4 rings (SSSR count). The highest BCUT2D eigenvalue weighted by atomic mass is 35.5. The predicted molar refractivity (Wildman–Crippen MR) is 112 cm³/mol. The van der Waals surface area contributed by atoms with Gasteiger partial charge in [-0.25, -0.2) is 14.2 Å². The lowest BCUT2D eigenvalue weighted by Gasteiger charge is -2.22. The van der Waals surface area contributed by atoms with Crippen LogP contribution >= 0.6 is 22.9 Å². The molecule has 3 aromatic rings. The Balaban J connectivity index is 1.51. The van der Waals surface area contributed by atoms with Crippen LogP contribution in [0.25, 0.3) is 10.6 Å². The first-order valence-corrected chi connectivity index (χ1v) is 10.3. The van der Waals surface area contributed by atoms with Gasteiger partial charge in [0.15, 0.2) is 0 Å². The van der Waals surface area contributed by atoms with E-state index in [-0.39, 0.29) is 17.9 Å². The van der Waals surface area contributed by atoms with Crippen molar-refractivity contribution in [3.63, 3.8) is 0 Å². The second kappa shape index (κ2) is 7.89. The molecule has 1 atom stereocenters. The maximum absolute atomic E-state index is 13.2. The summed E-state index contributed by atoms with van der Waals surface area (Å²) in [4.78, 5) is 18.4. The summed E-state index contributed by atoms with van der Waals surface area (Å²) in [5, 5.41) is 7.18. The number of hydrogen-bond acceptors (Lipinski definition) is 3. The van der Waals surface area contributed by atoms with E-state index in [1.54, 1.807) is 29.5 Å². The third-order valence-corrected chi connectivity index (χ3v) is 6.22. The molecule has 2 amide bonds. The Morgan fingerprint density at radius 1 is 1.25 bits per heavy atom. The lowest BCUT2D eigenvalue weighted by Crippen LogP contribution is -2.34. The summed E-state index contributed by atoms with van der Waals surface area (Å²) in [6.45, 7) is 1.94. The largest absolute Gasteiger partial charge is 0.329 e. The first-order valence-electron chi connectivity index (χ1n) is 9.09. The summed E-state index contributed by atoms with van der Waals surface area (Å²) in [5.41, 5.74) is 3.39. The minimum Gasteiger partial charge on any atom is -0.329 e. The lowest BCUT2D eigenvalue weighted by molar-refractivity contribution is 0.247. The van der Waals surface area contributed by atoms with Gasteiger partial charge in [-0.15, -0.1) is 11.3 Å². The number of amides is 2. The number of urea groups is 1. The number of benzene rings is 2. The third kappa shape index (κ3) is 4.03.